The number of ether oxygens (including phenoxy) is 1. The van der Waals surface area contributed by atoms with E-state index in [1.165, 1.54) is 6.33 Å². The Kier molecular flexibility index (Phi) is 6.74. The number of anilines is 2. The number of sulfonamides is 1. The van der Waals surface area contributed by atoms with Crippen LogP contribution in [0.3, 0.4) is 0 Å². The Morgan fingerprint density at radius 1 is 1.13 bits per heavy atom. The molecule has 204 valence electrons. The van der Waals surface area contributed by atoms with Gasteiger partial charge in [-0.15, -0.1) is 0 Å². The number of hydrogen-bond donors (Lipinski definition) is 2. The standard InChI is InChI=1S/C26H32ClN5O5S/c1-15-24(30-23-7-2-16(10-22(23)27)26(34)31-9-8-19(33)13-31)28-14-29-25(15)37-20-11-17-3-4-18(12-20)32(17)38(35,36)21-5-6-21/h2,7,10,14,17-21,33H,3-6,8-9,11-13H2,1H3,(H,28,29,30)/t17?,18?,19-,20?/m1/s1. The van der Waals surface area contributed by atoms with Crippen molar-refractivity contribution in [2.75, 3.05) is 18.4 Å². The number of hydrogen-bond acceptors (Lipinski definition) is 8. The average molecular weight is 562 g/mol. The molecule has 2 aromatic rings. The van der Waals surface area contributed by atoms with Crippen LogP contribution in [0.1, 0.15) is 60.9 Å². The molecule has 0 radical (unpaired) electrons. The number of halogens is 1. The second-order valence-corrected chi connectivity index (χ2v) is 13.4. The van der Waals surface area contributed by atoms with E-state index >= 15 is 0 Å². The normalized spacial score (nSPS) is 27.5. The third kappa shape index (κ3) is 4.85. The van der Waals surface area contributed by atoms with Gasteiger partial charge in [0.05, 0.1) is 27.6 Å². The molecule has 10 nitrogen and oxygen atoms in total. The summed E-state index contributed by atoms with van der Waals surface area (Å²) in [6.45, 7) is 2.72. The van der Waals surface area contributed by atoms with Crippen LogP contribution in [0.4, 0.5) is 11.5 Å². The number of carbonyl (C=O) groups excluding carboxylic acids is 1. The maximum Gasteiger partial charge on any atom is 0.253 e. The Balaban J connectivity index is 1.13. The van der Waals surface area contributed by atoms with Crippen LogP contribution in [0.15, 0.2) is 24.5 Å². The van der Waals surface area contributed by atoms with E-state index in [1.54, 1.807) is 27.4 Å². The van der Waals surface area contributed by atoms with Crippen LogP contribution < -0.4 is 10.1 Å². The first-order valence-corrected chi connectivity index (χ1v) is 15.1. The first kappa shape index (κ1) is 25.8. The van der Waals surface area contributed by atoms with Crippen LogP contribution in [-0.4, -0.2) is 81.2 Å². The van der Waals surface area contributed by atoms with Gasteiger partial charge in [0.2, 0.25) is 15.9 Å². The van der Waals surface area contributed by atoms with E-state index in [9.17, 15) is 18.3 Å². The minimum Gasteiger partial charge on any atom is -0.474 e. The topological polar surface area (TPSA) is 125 Å². The fourth-order valence-corrected chi connectivity index (χ4v) is 8.47. The molecule has 3 saturated heterocycles. The number of aromatic nitrogens is 2. The zero-order chi connectivity index (χ0) is 26.6. The summed E-state index contributed by atoms with van der Waals surface area (Å²) in [5.41, 5.74) is 1.77. The summed E-state index contributed by atoms with van der Waals surface area (Å²) in [7, 11) is -3.20. The number of amides is 1. The van der Waals surface area contributed by atoms with Gasteiger partial charge in [-0.05, 0) is 57.2 Å². The van der Waals surface area contributed by atoms with Gasteiger partial charge >= 0.3 is 0 Å². The lowest BCUT2D eigenvalue weighted by Crippen LogP contribution is -2.50. The Bertz CT molecular complexity index is 1340. The maximum atomic E-state index is 12.9. The van der Waals surface area contributed by atoms with Crippen LogP contribution >= 0.6 is 11.6 Å². The number of rotatable bonds is 7. The van der Waals surface area contributed by atoms with Crippen LogP contribution in [0.25, 0.3) is 0 Å². The second kappa shape index (κ2) is 9.93. The van der Waals surface area contributed by atoms with Crippen molar-refractivity contribution in [1.29, 1.82) is 0 Å². The molecule has 0 spiro atoms. The molecule has 1 amide bonds. The van der Waals surface area contributed by atoms with E-state index < -0.39 is 16.1 Å². The molecular weight excluding hydrogens is 530 g/mol. The highest BCUT2D eigenvalue weighted by atomic mass is 35.5. The van der Waals surface area contributed by atoms with Gasteiger partial charge in [-0.25, -0.2) is 18.4 Å². The van der Waals surface area contributed by atoms with Crippen LogP contribution in [0, 0.1) is 6.92 Å². The van der Waals surface area contributed by atoms with E-state index in [1.807, 2.05) is 6.92 Å². The Morgan fingerprint density at radius 2 is 1.87 bits per heavy atom. The summed E-state index contributed by atoms with van der Waals surface area (Å²) in [6, 6.07) is 5.04. The zero-order valence-corrected chi connectivity index (χ0v) is 22.8. The highest BCUT2D eigenvalue weighted by molar-refractivity contribution is 7.90. The number of β-amino-alcohol motifs (C(OH)–C–C–N with tert-alkyl or cyclic N) is 1. The van der Waals surface area contributed by atoms with E-state index in [2.05, 4.69) is 15.3 Å². The van der Waals surface area contributed by atoms with Crippen molar-refractivity contribution in [2.45, 2.75) is 81.4 Å². The smallest absolute Gasteiger partial charge is 0.253 e. The van der Waals surface area contributed by atoms with E-state index in [-0.39, 0.29) is 29.3 Å². The predicted molar refractivity (Wildman–Crippen MR) is 142 cm³/mol. The molecule has 4 fully saturated rings. The molecular formula is C26H32ClN5O5S. The van der Waals surface area contributed by atoms with Gasteiger partial charge in [0.15, 0.2) is 0 Å². The van der Waals surface area contributed by atoms with Gasteiger partial charge in [-0.1, -0.05) is 11.6 Å². The van der Waals surface area contributed by atoms with Gasteiger partial charge in [0, 0.05) is 43.6 Å². The van der Waals surface area contributed by atoms with Crippen molar-refractivity contribution in [3.05, 3.63) is 40.7 Å². The minimum absolute atomic E-state index is 0.00653. The summed E-state index contributed by atoms with van der Waals surface area (Å²) < 4.78 is 33.9. The van der Waals surface area contributed by atoms with Gasteiger partial charge in [0.25, 0.3) is 5.91 Å². The highest BCUT2D eigenvalue weighted by Crippen LogP contribution is 2.44. The lowest BCUT2D eigenvalue weighted by Gasteiger charge is -2.37. The molecule has 12 heteroatoms. The van der Waals surface area contributed by atoms with Gasteiger partial charge in [-0.2, -0.15) is 4.31 Å². The summed E-state index contributed by atoms with van der Waals surface area (Å²) in [5.74, 6) is 0.838. The molecule has 1 aromatic carbocycles. The fraction of sp³-hybridized carbons (Fsp3) is 0.577. The molecule has 2 unspecified atom stereocenters. The number of benzene rings is 1. The minimum atomic E-state index is -3.20. The molecule has 2 bridgehead atoms. The van der Waals surface area contributed by atoms with Gasteiger partial charge < -0.3 is 20.1 Å². The molecule has 4 heterocycles. The monoisotopic (exact) mass is 561 g/mol. The molecule has 38 heavy (non-hydrogen) atoms. The van der Waals surface area contributed by atoms with E-state index in [0.717, 1.165) is 31.2 Å². The number of aliphatic hydroxyl groups excluding tert-OH is 1. The summed E-state index contributed by atoms with van der Waals surface area (Å²) in [6.07, 6.45) is 6.03. The summed E-state index contributed by atoms with van der Waals surface area (Å²) in [4.78, 5) is 23.1. The van der Waals surface area contributed by atoms with Gasteiger partial charge in [-0.3, -0.25) is 4.79 Å². The molecule has 1 aromatic heterocycles. The fourth-order valence-electron chi connectivity index (χ4n) is 5.96. The molecule has 4 aliphatic rings. The first-order valence-electron chi connectivity index (χ1n) is 13.2. The van der Waals surface area contributed by atoms with Crippen molar-refractivity contribution in [1.82, 2.24) is 19.2 Å². The Morgan fingerprint density at radius 3 is 2.50 bits per heavy atom. The number of likely N-dealkylation sites (tertiary alicyclic amines) is 1. The third-order valence-corrected chi connectivity index (χ3v) is 10.9. The number of fused-ring (bicyclic) bond motifs is 2. The molecule has 1 saturated carbocycles. The van der Waals surface area contributed by atoms with E-state index in [4.69, 9.17) is 16.3 Å². The van der Waals surface area contributed by atoms with Crippen molar-refractivity contribution >= 4 is 39.0 Å². The number of piperidine rings is 1. The summed E-state index contributed by atoms with van der Waals surface area (Å²) >= 11 is 6.51. The molecule has 6 rings (SSSR count). The molecule has 3 aliphatic heterocycles. The molecule has 3 atom stereocenters. The van der Waals surface area contributed by atoms with Crippen molar-refractivity contribution < 1.29 is 23.1 Å². The molecule has 1 aliphatic carbocycles. The maximum absolute atomic E-state index is 12.9. The lowest BCUT2D eigenvalue weighted by atomic mass is 10.0. The van der Waals surface area contributed by atoms with E-state index in [0.29, 0.717) is 60.3 Å². The van der Waals surface area contributed by atoms with Crippen molar-refractivity contribution in [3.8, 4) is 5.88 Å². The highest BCUT2D eigenvalue weighted by Gasteiger charge is 2.52. The largest absolute Gasteiger partial charge is 0.474 e. The number of aliphatic hydroxyl groups is 1. The Hall–Kier alpha value is -2.47. The van der Waals surface area contributed by atoms with Crippen LogP contribution in [0.2, 0.25) is 5.02 Å². The second-order valence-electron chi connectivity index (χ2n) is 10.8. The van der Waals surface area contributed by atoms with Crippen molar-refractivity contribution in [2.24, 2.45) is 0 Å². The SMILES string of the molecule is Cc1c(Nc2ccc(C(=O)N3CC[C@@H](O)C3)cc2Cl)ncnc1OC1CC2CCC(C1)N2S(=O)(=O)C1CC1. The first-order chi connectivity index (χ1) is 18.2. The Labute approximate surface area is 227 Å². The van der Waals surface area contributed by atoms with Crippen molar-refractivity contribution in [3.63, 3.8) is 0 Å². The lowest BCUT2D eigenvalue weighted by molar-refractivity contribution is 0.0765. The number of carbonyl (C=O) groups is 1. The third-order valence-electron chi connectivity index (χ3n) is 8.10. The summed E-state index contributed by atoms with van der Waals surface area (Å²) in [5, 5.41) is 13.1. The number of nitrogens with zero attached hydrogens (tertiary/aromatic N) is 4. The zero-order valence-electron chi connectivity index (χ0n) is 21.2. The van der Waals surface area contributed by atoms with Gasteiger partial charge in [0.1, 0.15) is 18.2 Å². The quantitative estimate of drug-likeness (QED) is 0.528. The number of nitrogens with one attached hydrogen (secondary N) is 1. The van der Waals surface area contributed by atoms with Crippen LogP contribution in [0.5, 0.6) is 5.88 Å². The average Bonchev–Trinajstić information content (AvgIpc) is 3.61. The van der Waals surface area contributed by atoms with Crippen LogP contribution in [-0.2, 0) is 10.0 Å². The molecule has 2 N–H and O–H groups in total. The predicted octanol–water partition coefficient (Wildman–Crippen LogP) is 3.26.